The van der Waals surface area contributed by atoms with Crippen molar-refractivity contribution in [3.63, 3.8) is 0 Å². The van der Waals surface area contributed by atoms with E-state index < -0.39 is 11.9 Å². The molecule has 66 valence electrons. The molecule has 0 amide bonds. The van der Waals surface area contributed by atoms with Crippen LogP contribution >= 0.6 is 0 Å². The summed E-state index contributed by atoms with van der Waals surface area (Å²) in [6.45, 7) is 0.347. The number of carboxylic acids is 2. The van der Waals surface area contributed by atoms with Gasteiger partial charge in [0.25, 0.3) is 0 Å². The van der Waals surface area contributed by atoms with Gasteiger partial charge in [-0.2, -0.15) is 0 Å². The lowest BCUT2D eigenvalue weighted by Gasteiger charge is -1.74. The zero-order chi connectivity index (χ0) is 9.98. The van der Waals surface area contributed by atoms with Crippen molar-refractivity contribution in [2.75, 3.05) is 6.54 Å². The van der Waals surface area contributed by atoms with Crippen molar-refractivity contribution in [3.05, 3.63) is 12.2 Å². The number of carbonyl (C=O) groups is 2. The Morgan fingerprint density at radius 1 is 1.33 bits per heavy atom. The highest BCUT2D eigenvalue weighted by Crippen LogP contribution is 1.70. The standard InChI is InChI=1S/C4H4O4.C3H5N/c5-3(6)1-2-4(7)8;1-2-3-4/h1-2H,(H,5,6)(H,7,8);1H,3-4H2/b2-1-;. The summed E-state index contributed by atoms with van der Waals surface area (Å²) in [4.78, 5) is 19.1. The van der Waals surface area contributed by atoms with E-state index in [-0.39, 0.29) is 0 Å². The molecule has 0 fully saturated rings. The first-order valence-corrected chi connectivity index (χ1v) is 2.82. The Morgan fingerprint density at radius 2 is 1.58 bits per heavy atom. The summed E-state index contributed by atoms with van der Waals surface area (Å²) in [5.41, 5.74) is 4.79. The monoisotopic (exact) mass is 171 g/mol. The summed E-state index contributed by atoms with van der Waals surface area (Å²) in [6, 6.07) is 0. The molecule has 0 aromatic heterocycles. The minimum absolute atomic E-state index is 0.347. The van der Waals surface area contributed by atoms with Gasteiger partial charge in [-0.05, 0) is 0 Å². The molecule has 0 saturated heterocycles. The van der Waals surface area contributed by atoms with E-state index in [4.69, 9.17) is 15.9 Å². The Labute approximate surface area is 69.5 Å². The molecular formula is C7H9NO4. The molecule has 0 heterocycles. The topological polar surface area (TPSA) is 101 Å². The predicted octanol–water partition coefficient (Wildman–Crippen LogP) is -0.710. The molecule has 5 nitrogen and oxygen atoms in total. The first-order valence-electron chi connectivity index (χ1n) is 2.82. The molecule has 0 bridgehead atoms. The quantitative estimate of drug-likeness (QED) is 0.376. The van der Waals surface area contributed by atoms with Crippen LogP contribution in [0.5, 0.6) is 0 Å². The summed E-state index contributed by atoms with van der Waals surface area (Å²) < 4.78 is 0. The fourth-order valence-corrected chi connectivity index (χ4v) is 0.143. The molecule has 0 rings (SSSR count). The van der Waals surface area contributed by atoms with Crippen LogP contribution < -0.4 is 5.73 Å². The highest BCUT2D eigenvalue weighted by Gasteiger charge is 1.88. The highest BCUT2D eigenvalue weighted by atomic mass is 16.4. The van der Waals surface area contributed by atoms with Crippen molar-refractivity contribution in [2.24, 2.45) is 5.73 Å². The van der Waals surface area contributed by atoms with E-state index in [0.29, 0.717) is 18.7 Å². The maximum atomic E-state index is 9.55. The number of rotatable bonds is 2. The van der Waals surface area contributed by atoms with E-state index in [9.17, 15) is 9.59 Å². The number of nitrogens with two attached hydrogens (primary N) is 1. The first kappa shape index (κ1) is 12.8. The van der Waals surface area contributed by atoms with Gasteiger partial charge in [0.2, 0.25) is 0 Å². The van der Waals surface area contributed by atoms with Crippen molar-refractivity contribution in [2.45, 2.75) is 0 Å². The third kappa shape index (κ3) is 24.1. The molecule has 0 radical (unpaired) electrons. The summed E-state index contributed by atoms with van der Waals surface area (Å²) in [5, 5.41) is 15.6. The zero-order valence-electron chi connectivity index (χ0n) is 6.23. The third-order valence-corrected chi connectivity index (χ3v) is 0.486. The van der Waals surface area contributed by atoms with Crippen molar-refractivity contribution in [1.82, 2.24) is 0 Å². The van der Waals surface area contributed by atoms with E-state index in [1.807, 2.05) is 0 Å². The second-order valence-electron chi connectivity index (χ2n) is 1.42. The van der Waals surface area contributed by atoms with Crippen molar-refractivity contribution in [1.29, 1.82) is 0 Å². The van der Waals surface area contributed by atoms with Crippen LogP contribution in [0.4, 0.5) is 0 Å². The maximum Gasteiger partial charge on any atom is 0.328 e. The number of carboxylic acid groups (broad SMARTS) is 2. The lowest BCUT2D eigenvalue weighted by atomic mass is 10.5. The van der Waals surface area contributed by atoms with Crippen LogP contribution in [0.15, 0.2) is 12.2 Å². The van der Waals surface area contributed by atoms with Gasteiger partial charge < -0.3 is 15.9 Å². The number of hydrogen-bond acceptors (Lipinski definition) is 3. The van der Waals surface area contributed by atoms with Crippen LogP contribution in [-0.2, 0) is 9.59 Å². The first-order chi connectivity index (χ1) is 5.54. The SMILES string of the molecule is C#CCN.O=C(O)/C=C\C(=O)O. The molecule has 0 aromatic rings. The zero-order valence-corrected chi connectivity index (χ0v) is 6.23. The van der Waals surface area contributed by atoms with E-state index in [0.717, 1.165) is 0 Å². The Morgan fingerprint density at radius 3 is 1.67 bits per heavy atom. The summed E-state index contributed by atoms with van der Waals surface area (Å²) >= 11 is 0. The van der Waals surface area contributed by atoms with E-state index in [1.54, 1.807) is 0 Å². The Bertz CT molecular complexity index is 198. The van der Waals surface area contributed by atoms with Crippen LogP contribution in [0, 0.1) is 12.3 Å². The molecular weight excluding hydrogens is 162 g/mol. The molecule has 0 aliphatic rings. The van der Waals surface area contributed by atoms with E-state index in [1.165, 1.54) is 0 Å². The second kappa shape index (κ2) is 9.20. The van der Waals surface area contributed by atoms with Crippen LogP contribution in [0.1, 0.15) is 0 Å². The summed E-state index contributed by atoms with van der Waals surface area (Å²) in [7, 11) is 0. The van der Waals surface area contributed by atoms with Crippen molar-refractivity contribution >= 4 is 11.9 Å². The Hall–Kier alpha value is -1.80. The average Bonchev–Trinajstić information content (AvgIpc) is 2.01. The summed E-state index contributed by atoms with van der Waals surface area (Å²) in [5.74, 6) is -0.306. The molecule has 0 unspecified atom stereocenters. The van der Waals surface area contributed by atoms with E-state index in [2.05, 4.69) is 12.3 Å². The largest absolute Gasteiger partial charge is 0.478 e. The van der Waals surface area contributed by atoms with Gasteiger partial charge in [-0.1, -0.05) is 5.92 Å². The van der Waals surface area contributed by atoms with Gasteiger partial charge in [0.05, 0.1) is 6.54 Å². The van der Waals surface area contributed by atoms with Crippen LogP contribution in [0.25, 0.3) is 0 Å². The number of terminal acetylenes is 1. The molecule has 0 atom stereocenters. The Kier molecular flexibility index (Phi) is 9.84. The average molecular weight is 171 g/mol. The normalized spacial score (nSPS) is 8.00. The van der Waals surface area contributed by atoms with Gasteiger partial charge in [-0.25, -0.2) is 9.59 Å². The van der Waals surface area contributed by atoms with Gasteiger partial charge >= 0.3 is 11.9 Å². The minimum Gasteiger partial charge on any atom is -0.478 e. The van der Waals surface area contributed by atoms with E-state index >= 15 is 0 Å². The Balaban J connectivity index is 0. The molecule has 0 aliphatic heterocycles. The van der Waals surface area contributed by atoms with Gasteiger partial charge in [0.1, 0.15) is 0 Å². The number of hydrogen-bond donors (Lipinski definition) is 3. The maximum absolute atomic E-state index is 9.55. The summed E-state index contributed by atoms with van der Waals surface area (Å²) in [6.07, 6.45) is 5.77. The molecule has 0 spiro atoms. The molecule has 0 aliphatic carbocycles. The van der Waals surface area contributed by atoms with Crippen LogP contribution in [0.2, 0.25) is 0 Å². The lowest BCUT2D eigenvalue weighted by Crippen LogP contribution is -1.91. The molecule has 4 N–H and O–H groups in total. The fourth-order valence-electron chi connectivity index (χ4n) is 0.143. The molecule has 12 heavy (non-hydrogen) atoms. The smallest absolute Gasteiger partial charge is 0.328 e. The molecule has 0 saturated carbocycles. The second-order valence-corrected chi connectivity index (χ2v) is 1.42. The van der Waals surface area contributed by atoms with Crippen LogP contribution in [0.3, 0.4) is 0 Å². The van der Waals surface area contributed by atoms with Gasteiger partial charge in [-0.3, -0.25) is 0 Å². The van der Waals surface area contributed by atoms with Gasteiger partial charge in [-0.15, -0.1) is 6.42 Å². The molecule has 0 aromatic carbocycles. The highest BCUT2D eigenvalue weighted by molar-refractivity contribution is 5.89. The molecule has 5 heteroatoms. The van der Waals surface area contributed by atoms with Crippen molar-refractivity contribution in [3.8, 4) is 12.3 Å². The predicted molar refractivity (Wildman–Crippen MR) is 42.3 cm³/mol. The van der Waals surface area contributed by atoms with Gasteiger partial charge in [0, 0.05) is 12.2 Å². The van der Waals surface area contributed by atoms with Crippen molar-refractivity contribution < 1.29 is 19.8 Å². The minimum atomic E-state index is -1.26. The number of aliphatic carboxylic acids is 2. The van der Waals surface area contributed by atoms with Crippen LogP contribution in [-0.4, -0.2) is 28.7 Å². The fraction of sp³-hybridized carbons (Fsp3) is 0.143. The lowest BCUT2D eigenvalue weighted by molar-refractivity contribution is -0.134. The van der Waals surface area contributed by atoms with Gasteiger partial charge in [0.15, 0.2) is 0 Å². The third-order valence-electron chi connectivity index (χ3n) is 0.486.